The van der Waals surface area contributed by atoms with Gasteiger partial charge in [-0.1, -0.05) is 107 Å². The Bertz CT molecular complexity index is 1060. The molecule has 1 heterocycles. The maximum Gasteiger partial charge on any atom is 0.255 e. The van der Waals surface area contributed by atoms with E-state index in [0.717, 1.165) is 36.6 Å². The van der Waals surface area contributed by atoms with E-state index >= 15 is 0 Å². The zero-order valence-electron chi connectivity index (χ0n) is 22.8. The van der Waals surface area contributed by atoms with Crippen molar-refractivity contribution in [2.45, 2.75) is 97.4 Å². The third-order valence-electron chi connectivity index (χ3n) is 6.63. The van der Waals surface area contributed by atoms with Crippen molar-refractivity contribution in [3.63, 3.8) is 0 Å². The van der Waals surface area contributed by atoms with Crippen LogP contribution in [0, 0.1) is 6.92 Å². The average Bonchev–Trinajstić information content (AvgIpc) is 3.31. The predicted molar refractivity (Wildman–Crippen MR) is 156 cm³/mol. The number of hydrogen-bond donors (Lipinski definition) is 1. The van der Waals surface area contributed by atoms with Crippen LogP contribution < -0.4 is 14.6 Å². The Kier molecular flexibility index (Phi) is 13.3. The topological polar surface area (TPSA) is 42.2 Å². The van der Waals surface area contributed by atoms with Gasteiger partial charge in [-0.15, -0.1) is 0 Å². The molecular formula is C32H45N2O2S+. The first-order valence-electron chi connectivity index (χ1n) is 14.2. The second kappa shape index (κ2) is 17.0. The Labute approximate surface area is 228 Å². The third-order valence-corrected chi connectivity index (χ3v) is 7.49. The summed E-state index contributed by atoms with van der Waals surface area (Å²) in [5.74, 6) is 0.699. The standard InChI is InChI=1S/C32H44N2O2S/c1-3-4-5-6-7-8-9-10-11-12-13-14-21-36-31-20-16-19-30(23-31)33-32(35)29-18-15-17-28(22-29)25-34-24-27(2)37-26-34/h15-20,22-24,26H,3-14,21,25H2,1-2H3/p+1. The molecule has 0 spiro atoms. The lowest BCUT2D eigenvalue weighted by Gasteiger charge is -2.10. The minimum atomic E-state index is -0.105. The van der Waals surface area contributed by atoms with Crippen molar-refractivity contribution < 1.29 is 14.1 Å². The van der Waals surface area contributed by atoms with E-state index in [1.165, 1.54) is 75.5 Å². The number of rotatable bonds is 18. The van der Waals surface area contributed by atoms with Crippen molar-refractivity contribution in [1.29, 1.82) is 0 Å². The van der Waals surface area contributed by atoms with Crippen LogP contribution in [0.15, 0.2) is 60.2 Å². The molecule has 0 saturated carbocycles. The lowest BCUT2D eigenvalue weighted by Crippen LogP contribution is -2.30. The molecule has 5 heteroatoms. The van der Waals surface area contributed by atoms with E-state index in [-0.39, 0.29) is 5.91 Å². The molecule has 0 aliphatic carbocycles. The van der Waals surface area contributed by atoms with Gasteiger partial charge < -0.3 is 10.1 Å². The Hall–Kier alpha value is -2.66. The summed E-state index contributed by atoms with van der Waals surface area (Å²) in [4.78, 5) is 14.1. The van der Waals surface area contributed by atoms with Gasteiger partial charge in [0, 0.05) is 22.9 Å². The summed E-state index contributed by atoms with van der Waals surface area (Å²) >= 11 is 1.72. The van der Waals surface area contributed by atoms with Gasteiger partial charge in [0.05, 0.1) is 11.5 Å². The Morgan fingerprint density at radius 1 is 0.865 bits per heavy atom. The number of hydrogen-bond acceptors (Lipinski definition) is 3. The minimum absolute atomic E-state index is 0.105. The van der Waals surface area contributed by atoms with Crippen molar-refractivity contribution in [3.8, 4) is 5.75 Å². The number of aryl methyl sites for hydroxylation is 1. The van der Waals surface area contributed by atoms with Crippen LogP contribution in [0.1, 0.15) is 105 Å². The number of benzene rings is 2. The SMILES string of the molecule is CCCCCCCCCCCCCCOc1cccc(NC(=O)c2cccc(C[n+]3csc(C)c3)c2)c1. The fourth-order valence-electron chi connectivity index (χ4n) is 4.55. The predicted octanol–water partition coefficient (Wildman–Crippen LogP) is 8.72. The lowest BCUT2D eigenvalue weighted by atomic mass is 10.1. The van der Waals surface area contributed by atoms with Crippen molar-refractivity contribution in [1.82, 2.24) is 0 Å². The number of aromatic nitrogens is 1. The number of unbranched alkanes of at least 4 members (excludes halogenated alkanes) is 11. The lowest BCUT2D eigenvalue weighted by molar-refractivity contribution is -0.683. The van der Waals surface area contributed by atoms with E-state index in [2.05, 4.69) is 41.5 Å². The van der Waals surface area contributed by atoms with Gasteiger partial charge >= 0.3 is 0 Å². The Morgan fingerprint density at radius 3 is 2.22 bits per heavy atom. The van der Waals surface area contributed by atoms with Crippen molar-refractivity contribution >= 4 is 22.9 Å². The molecule has 4 nitrogen and oxygen atoms in total. The normalized spacial score (nSPS) is 11.0. The number of carbonyl (C=O) groups is 1. The van der Waals surface area contributed by atoms with Crippen molar-refractivity contribution in [2.24, 2.45) is 0 Å². The average molecular weight is 522 g/mol. The van der Waals surface area contributed by atoms with Gasteiger partial charge in [0.2, 0.25) is 5.51 Å². The molecule has 1 amide bonds. The summed E-state index contributed by atoms with van der Waals surface area (Å²) in [6, 6.07) is 15.5. The Morgan fingerprint density at radius 2 is 1.54 bits per heavy atom. The molecule has 2 aromatic carbocycles. The highest BCUT2D eigenvalue weighted by Gasteiger charge is 2.11. The molecule has 0 aliphatic heterocycles. The van der Waals surface area contributed by atoms with Crippen molar-refractivity contribution in [2.75, 3.05) is 11.9 Å². The third kappa shape index (κ3) is 11.5. The zero-order valence-corrected chi connectivity index (χ0v) is 23.7. The van der Waals surface area contributed by atoms with Crippen LogP contribution in [0.4, 0.5) is 5.69 Å². The van der Waals surface area contributed by atoms with Crippen LogP contribution >= 0.6 is 11.3 Å². The minimum Gasteiger partial charge on any atom is -0.494 e. The quantitative estimate of drug-likeness (QED) is 0.134. The molecule has 37 heavy (non-hydrogen) atoms. The molecule has 0 atom stereocenters. The number of anilines is 1. The smallest absolute Gasteiger partial charge is 0.255 e. The summed E-state index contributed by atoms with van der Waals surface area (Å²) in [5.41, 5.74) is 4.62. The highest BCUT2D eigenvalue weighted by atomic mass is 32.1. The Balaban J connectivity index is 1.32. The number of thiazole rings is 1. The van der Waals surface area contributed by atoms with Crippen LogP contribution in [0.5, 0.6) is 5.75 Å². The maximum atomic E-state index is 12.9. The van der Waals surface area contributed by atoms with Crippen LogP contribution in [0.2, 0.25) is 0 Å². The highest BCUT2D eigenvalue weighted by Crippen LogP contribution is 2.19. The molecule has 1 N–H and O–H groups in total. The van der Waals surface area contributed by atoms with Gasteiger partial charge in [-0.2, -0.15) is 4.57 Å². The van der Waals surface area contributed by atoms with E-state index < -0.39 is 0 Å². The zero-order chi connectivity index (χ0) is 26.1. The van der Waals surface area contributed by atoms with Gasteiger partial charge in [-0.25, -0.2) is 0 Å². The van der Waals surface area contributed by atoms with Gasteiger partial charge in [0.1, 0.15) is 5.75 Å². The summed E-state index contributed by atoms with van der Waals surface area (Å²) in [6.45, 7) is 5.85. The molecule has 0 radical (unpaired) electrons. The van der Waals surface area contributed by atoms with Gasteiger partial charge in [-0.3, -0.25) is 4.79 Å². The van der Waals surface area contributed by atoms with Crippen molar-refractivity contribution in [3.05, 3.63) is 76.2 Å². The van der Waals surface area contributed by atoms with Gasteiger partial charge in [0.25, 0.3) is 5.91 Å². The van der Waals surface area contributed by atoms with Gasteiger partial charge in [0.15, 0.2) is 12.7 Å². The molecule has 1 aromatic heterocycles. The fraction of sp³-hybridized carbons (Fsp3) is 0.500. The summed E-state index contributed by atoms with van der Waals surface area (Å²) in [6.07, 6.45) is 18.2. The van der Waals surface area contributed by atoms with E-state index in [9.17, 15) is 4.79 Å². The number of carbonyl (C=O) groups excluding carboxylic acids is 1. The number of amides is 1. The molecule has 0 fully saturated rings. The molecule has 3 aromatic rings. The number of nitrogens with one attached hydrogen (secondary N) is 1. The van der Waals surface area contributed by atoms with Gasteiger partial charge in [-0.05, 0) is 37.6 Å². The summed E-state index contributed by atoms with van der Waals surface area (Å²) < 4.78 is 8.11. The van der Waals surface area contributed by atoms with Crippen LogP contribution in [0.3, 0.4) is 0 Å². The second-order valence-corrected chi connectivity index (χ2v) is 11.1. The monoisotopic (exact) mass is 521 g/mol. The molecule has 0 bridgehead atoms. The molecule has 0 unspecified atom stereocenters. The molecule has 3 rings (SSSR count). The van der Waals surface area contributed by atoms with E-state index in [0.29, 0.717) is 5.56 Å². The first kappa shape index (κ1) is 28.9. The van der Waals surface area contributed by atoms with Crippen LogP contribution in [0.25, 0.3) is 0 Å². The molecule has 200 valence electrons. The van der Waals surface area contributed by atoms with Crippen LogP contribution in [-0.4, -0.2) is 12.5 Å². The first-order valence-corrected chi connectivity index (χ1v) is 15.1. The van der Waals surface area contributed by atoms with E-state index in [1.807, 2.05) is 42.5 Å². The largest absolute Gasteiger partial charge is 0.494 e. The summed E-state index contributed by atoms with van der Waals surface area (Å²) in [5, 5.41) is 3.02. The second-order valence-electron chi connectivity index (χ2n) is 10.1. The first-order chi connectivity index (χ1) is 18.1. The number of ether oxygens (including phenoxy) is 1. The molecule has 0 aliphatic rings. The molecular weight excluding hydrogens is 476 g/mol. The fourth-order valence-corrected chi connectivity index (χ4v) is 5.18. The summed E-state index contributed by atoms with van der Waals surface area (Å²) in [7, 11) is 0. The highest BCUT2D eigenvalue weighted by molar-refractivity contribution is 7.09. The van der Waals surface area contributed by atoms with E-state index in [1.54, 1.807) is 11.3 Å². The maximum absolute atomic E-state index is 12.9. The van der Waals surface area contributed by atoms with E-state index in [4.69, 9.17) is 4.74 Å². The number of nitrogens with zero attached hydrogens (tertiary/aromatic N) is 1. The molecule has 0 saturated heterocycles. The van der Waals surface area contributed by atoms with Crippen LogP contribution in [-0.2, 0) is 6.54 Å².